The number of nitrogens with one attached hydrogen (secondary N) is 1. The van der Waals surface area contributed by atoms with Crippen LogP contribution in [0.5, 0.6) is 5.75 Å². The Morgan fingerprint density at radius 1 is 1.28 bits per heavy atom. The average Bonchev–Trinajstić information content (AvgIpc) is 2.39. The number of methoxy groups -OCH3 is 1. The zero-order valence-electron chi connectivity index (χ0n) is 10.4. The predicted molar refractivity (Wildman–Crippen MR) is 69.5 cm³/mol. The van der Waals surface area contributed by atoms with Gasteiger partial charge in [0, 0.05) is 26.2 Å². The molecule has 1 aliphatic rings. The lowest BCUT2D eigenvalue weighted by Gasteiger charge is -2.26. The molecule has 1 fully saturated rings. The third-order valence-electron chi connectivity index (χ3n) is 2.97. The largest absolute Gasteiger partial charge is 0.495 e. The van der Waals surface area contributed by atoms with Gasteiger partial charge in [-0.15, -0.1) is 0 Å². The summed E-state index contributed by atoms with van der Waals surface area (Å²) in [5.41, 5.74) is 0. The van der Waals surface area contributed by atoms with E-state index in [0.717, 1.165) is 26.2 Å². The van der Waals surface area contributed by atoms with Crippen LogP contribution in [0.2, 0.25) is 0 Å². The van der Waals surface area contributed by atoms with Crippen molar-refractivity contribution in [2.24, 2.45) is 0 Å². The van der Waals surface area contributed by atoms with Gasteiger partial charge in [-0.05, 0) is 12.1 Å². The van der Waals surface area contributed by atoms with Crippen LogP contribution in [0.25, 0.3) is 0 Å². The molecule has 1 N–H and O–H groups in total. The Hall–Kier alpha value is -1.11. The van der Waals surface area contributed by atoms with Gasteiger partial charge < -0.3 is 10.1 Å². The van der Waals surface area contributed by atoms with Crippen molar-refractivity contribution in [1.82, 2.24) is 10.2 Å². The van der Waals surface area contributed by atoms with Crippen LogP contribution in [0.15, 0.2) is 29.2 Å². The number of ether oxygens (including phenoxy) is 1. The lowest BCUT2D eigenvalue weighted by atomic mass is 10.3. The van der Waals surface area contributed by atoms with Crippen LogP contribution in [0.3, 0.4) is 0 Å². The molecule has 0 amide bonds. The molecular weight excluding hydrogens is 252 g/mol. The number of piperazine rings is 1. The van der Waals surface area contributed by atoms with Crippen molar-refractivity contribution in [1.29, 1.82) is 0 Å². The summed E-state index contributed by atoms with van der Waals surface area (Å²) < 4.78 is 29.8. The second-order valence-electron chi connectivity index (χ2n) is 4.26. The molecule has 2 rings (SSSR count). The number of para-hydroxylation sites is 1. The minimum absolute atomic E-state index is 0.0506. The molecule has 0 aliphatic carbocycles. The van der Waals surface area contributed by atoms with Crippen LogP contribution in [0.4, 0.5) is 0 Å². The molecule has 0 unspecified atom stereocenters. The number of hydrogen-bond acceptors (Lipinski definition) is 5. The van der Waals surface area contributed by atoms with Crippen LogP contribution in [0.1, 0.15) is 0 Å². The highest BCUT2D eigenvalue weighted by atomic mass is 32.2. The van der Waals surface area contributed by atoms with E-state index in [9.17, 15) is 8.42 Å². The zero-order chi connectivity index (χ0) is 13.0. The van der Waals surface area contributed by atoms with Gasteiger partial charge >= 0.3 is 0 Å². The van der Waals surface area contributed by atoms with Crippen molar-refractivity contribution in [3.63, 3.8) is 0 Å². The molecule has 0 saturated carbocycles. The van der Waals surface area contributed by atoms with E-state index in [-0.39, 0.29) is 10.8 Å². The number of benzene rings is 1. The standard InChI is InChI=1S/C12H18N2O3S/c1-17-11-4-2-3-5-12(11)18(15,16)10-14-8-6-13-7-9-14/h2-5,13H,6-10H2,1H3. The summed E-state index contributed by atoms with van der Waals surface area (Å²) in [5, 5.41) is 3.20. The average molecular weight is 270 g/mol. The summed E-state index contributed by atoms with van der Waals surface area (Å²) in [6.07, 6.45) is 0. The summed E-state index contributed by atoms with van der Waals surface area (Å²) in [6, 6.07) is 6.75. The van der Waals surface area contributed by atoms with Crippen molar-refractivity contribution in [3.05, 3.63) is 24.3 Å². The van der Waals surface area contributed by atoms with Crippen molar-refractivity contribution in [2.75, 3.05) is 39.2 Å². The number of nitrogens with zero attached hydrogens (tertiary/aromatic N) is 1. The molecule has 0 bridgehead atoms. The molecule has 100 valence electrons. The number of hydrogen-bond donors (Lipinski definition) is 1. The Kier molecular flexibility index (Phi) is 4.21. The highest BCUT2D eigenvalue weighted by molar-refractivity contribution is 7.91. The van der Waals surface area contributed by atoms with Crippen molar-refractivity contribution in [3.8, 4) is 5.75 Å². The normalized spacial score (nSPS) is 17.6. The first-order chi connectivity index (χ1) is 8.63. The van der Waals surface area contributed by atoms with Gasteiger partial charge in [-0.3, -0.25) is 4.90 Å². The van der Waals surface area contributed by atoms with Gasteiger partial charge in [-0.1, -0.05) is 12.1 Å². The Labute approximate surface area is 108 Å². The van der Waals surface area contributed by atoms with E-state index in [1.807, 2.05) is 4.90 Å². The fourth-order valence-electron chi connectivity index (χ4n) is 2.03. The van der Waals surface area contributed by atoms with E-state index in [1.54, 1.807) is 24.3 Å². The van der Waals surface area contributed by atoms with E-state index < -0.39 is 9.84 Å². The fourth-order valence-corrected chi connectivity index (χ4v) is 3.65. The van der Waals surface area contributed by atoms with Gasteiger partial charge in [0.15, 0.2) is 9.84 Å². The molecule has 1 aromatic rings. The van der Waals surface area contributed by atoms with Crippen LogP contribution < -0.4 is 10.1 Å². The molecule has 6 heteroatoms. The Morgan fingerprint density at radius 3 is 2.61 bits per heavy atom. The first kappa shape index (κ1) is 13.3. The number of sulfone groups is 1. The molecular formula is C12H18N2O3S. The summed E-state index contributed by atoms with van der Waals surface area (Å²) in [6.45, 7) is 3.19. The van der Waals surface area contributed by atoms with E-state index in [1.165, 1.54) is 7.11 Å². The van der Waals surface area contributed by atoms with E-state index in [2.05, 4.69) is 5.32 Å². The fraction of sp³-hybridized carbons (Fsp3) is 0.500. The zero-order valence-corrected chi connectivity index (χ0v) is 11.2. The van der Waals surface area contributed by atoms with E-state index >= 15 is 0 Å². The molecule has 1 aliphatic heterocycles. The first-order valence-corrected chi connectivity index (χ1v) is 7.57. The van der Waals surface area contributed by atoms with Crippen LogP contribution in [-0.4, -0.2) is 52.5 Å². The van der Waals surface area contributed by atoms with Gasteiger partial charge in [0.1, 0.15) is 16.5 Å². The van der Waals surface area contributed by atoms with Crippen molar-refractivity contribution < 1.29 is 13.2 Å². The number of rotatable bonds is 4. The summed E-state index contributed by atoms with van der Waals surface area (Å²) >= 11 is 0. The van der Waals surface area contributed by atoms with Gasteiger partial charge in [0.25, 0.3) is 0 Å². The molecule has 1 saturated heterocycles. The first-order valence-electron chi connectivity index (χ1n) is 5.92. The molecule has 0 aromatic heterocycles. The van der Waals surface area contributed by atoms with Crippen molar-refractivity contribution >= 4 is 9.84 Å². The highest BCUT2D eigenvalue weighted by Crippen LogP contribution is 2.24. The molecule has 0 atom stereocenters. The molecule has 5 nitrogen and oxygen atoms in total. The Balaban J connectivity index is 2.19. The summed E-state index contributed by atoms with van der Waals surface area (Å²) in [5.74, 6) is 0.460. The third kappa shape index (κ3) is 3.01. The molecule has 1 aromatic carbocycles. The van der Waals surface area contributed by atoms with Crippen LogP contribution in [-0.2, 0) is 9.84 Å². The molecule has 18 heavy (non-hydrogen) atoms. The maximum atomic E-state index is 12.3. The van der Waals surface area contributed by atoms with E-state index in [0.29, 0.717) is 5.75 Å². The van der Waals surface area contributed by atoms with Crippen LogP contribution in [0, 0.1) is 0 Å². The maximum absolute atomic E-state index is 12.3. The predicted octanol–water partition coefficient (Wildman–Crippen LogP) is 0.332. The second kappa shape index (κ2) is 5.69. The maximum Gasteiger partial charge on any atom is 0.195 e. The SMILES string of the molecule is COc1ccccc1S(=O)(=O)CN1CCNCC1. The quantitative estimate of drug-likeness (QED) is 0.854. The highest BCUT2D eigenvalue weighted by Gasteiger charge is 2.23. The van der Waals surface area contributed by atoms with Crippen molar-refractivity contribution in [2.45, 2.75) is 4.90 Å². The van der Waals surface area contributed by atoms with E-state index in [4.69, 9.17) is 4.74 Å². The third-order valence-corrected chi connectivity index (χ3v) is 4.68. The van der Waals surface area contributed by atoms with Gasteiger partial charge in [0.05, 0.1) is 7.11 Å². The minimum atomic E-state index is -3.33. The Morgan fingerprint density at radius 2 is 1.94 bits per heavy atom. The minimum Gasteiger partial charge on any atom is -0.495 e. The topological polar surface area (TPSA) is 58.6 Å². The lowest BCUT2D eigenvalue weighted by molar-refractivity contribution is 0.274. The second-order valence-corrected chi connectivity index (χ2v) is 6.19. The smallest absolute Gasteiger partial charge is 0.195 e. The van der Waals surface area contributed by atoms with Gasteiger partial charge in [-0.25, -0.2) is 8.42 Å². The monoisotopic (exact) mass is 270 g/mol. The van der Waals surface area contributed by atoms with Crippen LogP contribution >= 0.6 is 0 Å². The molecule has 0 radical (unpaired) electrons. The van der Waals surface area contributed by atoms with Gasteiger partial charge in [-0.2, -0.15) is 0 Å². The summed E-state index contributed by atoms with van der Waals surface area (Å²) in [7, 11) is -1.84. The molecule has 1 heterocycles. The van der Waals surface area contributed by atoms with Gasteiger partial charge in [0.2, 0.25) is 0 Å². The lowest BCUT2D eigenvalue weighted by Crippen LogP contribution is -2.45. The summed E-state index contributed by atoms with van der Waals surface area (Å²) in [4.78, 5) is 2.21. The Bertz CT molecular complexity index is 496. The molecule has 0 spiro atoms.